The van der Waals surface area contributed by atoms with E-state index in [2.05, 4.69) is 27.0 Å². The molecule has 3 aromatic rings. The number of aryl methyl sites for hydroxylation is 1. The molecule has 1 aromatic carbocycles. The number of rotatable bonds is 5. The Morgan fingerprint density at radius 2 is 1.86 bits per heavy atom. The fraction of sp³-hybridized carbons (Fsp3) is 0.318. The van der Waals surface area contributed by atoms with E-state index in [0.29, 0.717) is 4.88 Å². The number of amides is 1. The molecule has 2 aromatic heterocycles. The SMILES string of the molecule is COc1ccc(CN2CCN(C(=O)c3sc(-c4ccccn4)nc3C)CC2)cc1. The molecule has 0 bridgehead atoms. The normalized spacial score (nSPS) is 14.8. The second-order valence-electron chi connectivity index (χ2n) is 7.06. The molecule has 1 saturated heterocycles. The van der Waals surface area contributed by atoms with Crippen LogP contribution in [0.25, 0.3) is 10.7 Å². The summed E-state index contributed by atoms with van der Waals surface area (Å²) < 4.78 is 5.22. The van der Waals surface area contributed by atoms with Crippen molar-refractivity contribution >= 4 is 17.2 Å². The summed E-state index contributed by atoms with van der Waals surface area (Å²) in [4.78, 5) is 27.0. The first kappa shape index (κ1) is 19.5. The van der Waals surface area contributed by atoms with Gasteiger partial charge in [0.05, 0.1) is 18.5 Å². The van der Waals surface area contributed by atoms with Crippen molar-refractivity contribution in [2.24, 2.45) is 0 Å². The van der Waals surface area contributed by atoms with Gasteiger partial charge in [0.2, 0.25) is 0 Å². The lowest BCUT2D eigenvalue weighted by atomic mass is 10.2. The number of thiazole rings is 1. The maximum Gasteiger partial charge on any atom is 0.265 e. The van der Waals surface area contributed by atoms with Crippen molar-refractivity contribution in [3.63, 3.8) is 0 Å². The number of aromatic nitrogens is 2. The minimum Gasteiger partial charge on any atom is -0.497 e. The molecule has 0 atom stereocenters. The number of nitrogens with zero attached hydrogens (tertiary/aromatic N) is 4. The first-order chi connectivity index (χ1) is 14.1. The quantitative estimate of drug-likeness (QED) is 0.647. The Morgan fingerprint density at radius 1 is 1.10 bits per heavy atom. The van der Waals surface area contributed by atoms with E-state index in [9.17, 15) is 4.79 Å². The van der Waals surface area contributed by atoms with Gasteiger partial charge in [-0.3, -0.25) is 14.7 Å². The molecule has 6 nitrogen and oxygen atoms in total. The van der Waals surface area contributed by atoms with E-state index in [1.165, 1.54) is 16.9 Å². The Balaban J connectivity index is 1.37. The second-order valence-corrected chi connectivity index (χ2v) is 8.06. The van der Waals surface area contributed by atoms with Gasteiger partial charge in [-0.15, -0.1) is 11.3 Å². The van der Waals surface area contributed by atoms with E-state index in [1.807, 2.05) is 42.2 Å². The molecule has 7 heteroatoms. The van der Waals surface area contributed by atoms with Gasteiger partial charge in [0.1, 0.15) is 15.6 Å². The van der Waals surface area contributed by atoms with Crippen molar-refractivity contribution in [2.45, 2.75) is 13.5 Å². The minimum atomic E-state index is 0.0753. The number of methoxy groups -OCH3 is 1. The Kier molecular flexibility index (Phi) is 5.87. The van der Waals surface area contributed by atoms with Crippen molar-refractivity contribution in [3.05, 3.63) is 64.8 Å². The van der Waals surface area contributed by atoms with Gasteiger partial charge in [-0.2, -0.15) is 0 Å². The summed E-state index contributed by atoms with van der Waals surface area (Å²) in [5.41, 5.74) is 2.84. The van der Waals surface area contributed by atoms with E-state index in [1.54, 1.807) is 13.3 Å². The summed E-state index contributed by atoms with van der Waals surface area (Å²) in [6.45, 7) is 5.97. The van der Waals surface area contributed by atoms with Crippen LogP contribution in [0, 0.1) is 6.92 Å². The number of ether oxygens (including phenoxy) is 1. The fourth-order valence-corrected chi connectivity index (χ4v) is 4.45. The highest BCUT2D eigenvalue weighted by atomic mass is 32.1. The van der Waals surface area contributed by atoms with Gasteiger partial charge >= 0.3 is 0 Å². The number of carbonyl (C=O) groups excluding carboxylic acids is 1. The smallest absolute Gasteiger partial charge is 0.265 e. The van der Waals surface area contributed by atoms with Crippen molar-refractivity contribution in [1.82, 2.24) is 19.8 Å². The third kappa shape index (κ3) is 4.46. The van der Waals surface area contributed by atoms with Crippen LogP contribution in [-0.4, -0.2) is 59.0 Å². The number of pyridine rings is 1. The van der Waals surface area contributed by atoms with Gasteiger partial charge in [0.25, 0.3) is 5.91 Å². The lowest BCUT2D eigenvalue weighted by Crippen LogP contribution is -2.48. The Hall–Kier alpha value is -2.77. The van der Waals surface area contributed by atoms with Crippen molar-refractivity contribution < 1.29 is 9.53 Å². The molecule has 1 aliphatic rings. The molecule has 0 aliphatic carbocycles. The number of piperazine rings is 1. The highest BCUT2D eigenvalue weighted by molar-refractivity contribution is 7.17. The Bertz CT molecular complexity index is 964. The largest absolute Gasteiger partial charge is 0.497 e. The number of hydrogen-bond donors (Lipinski definition) is 0. The van der Waals surface area contributed by atoms with Crippen molar-refractivity contribution in [1.29, 1.82) is 0 Å². The summed E-state index contributed by atoms with van der Waals surface area (Å²) >= 11 is 1.43. The molecule has 0 saturated carbocycles. The number of carbonyl (C=O) groups is 1. The third-order valence-electron chi connectivity index (χ3n) is 5.10. The van der Waals surface area contributed by atoms with E-state index in [-0.39, 0.29) is 5.91 Å². The maximum absolute atomic E-state index is 13.0. The van der Waals surface area contributed by atoms with Gasteiger partial charge in [0, 0.05) is 38.9 Å². The summed E-state index contributed by atoms with van der Waals surface area (Å²) in [6.07, 6.45) is 1.75. The molecule has 0 N–H and O–H groups in total. The molecule has 150 valence electrons. The summed E-state index contributed by atoms with van der Waals surface area (Å²) in [7, 11) is 1.68. The monoisotopic (exact) mass is 408 g/mol. The van der Waals surface area contributed by atoms with Gasteiger partial charge < -0.3 is 9.64 Å². The molecule has 0 spiro atoms. The van der Waals surface area contributed by atoms with Crippen LogP contribution in [0.2, 0.25) is 0 Å². The van der Waals surface area contributed by atoms with Gasteiger partial charge in [-0.25, -0.2) is 4.98 Å². The van der Waals surface area contributed by atoms with Crippen LogP contribution in [0.5, 0.6) is 5.75 Å². The van der Waals surface area contributed by atoms with Crippen LogP contribution in [0.1, 0.15) is 20.9 Å². The summed E-state index contributed by atoms with van der Waals surface area (Å²) in [5.74, 6) is 0.945. The van der Waals surface area contributed by atoms with Crippen LogP contribution in [-0.2, 0) is 6.54 Å². The van der Waals surface area contributed by atoms with Crippen LogP contribution in [0.3, 0.4) is 0 Å². The average Bonchev–Trinajstić information content (AvgIpc) is 3.16. The molecule has 0 radical (unpaired) electrons. The molecule has 0 unspecified atom stereocenters. The standard InChI is InChI=1S/C22H24N4O2S/c1-16-20(29-21(24-16)19-5-3-4-10-23-19)22(27)26-13-11-25(12-14-26)15-17-6-8-18(28-2)9-7-17/h3-10H,11-15H2,1-2H3. The zero-order valence-corrected chi connectivity index (χ0v) is 17.5. The van der Waals surface area contributed by atoms with Crippen molar-refractivity contribution in [2.75, 3.05) is 33.3 Å². The van der Waals surface area contributed by atoms with Gasteiger partial charge in [0.15, 0.2) is 0 Å². The van der Waals surface area contributed by atoms with Gasteiger partial charge in [-0.05, 0) is 36.8 Å². The third-order valence-corrected chi connectivity index (χ3v) is 6.27. The lowest BCUT2D eigenvalue weighted by molar-refractivity contribution is 0.0632. The molecule has 3 heterocycles. The zero-order chi connectivity index (χ0) is 20.2. The average molecular weight is 409 g/mol. The van der Waals surface area contributed by atoms with Gasteiger partial charge in [-0.1, -0.05) is 18.2 Å². The predicted molar refractivity (Wildman–Crippen MR) is 114 cm³/mol. The second kappa shape index (κ2) is 8.71. The molecule has 1 amide bonds. The van der Waals surface area contributed by atoms with E-state index in [0.717, 1.165) is 54.9 Å². The van der Waals surface area contributed by atoms with Crippen LogP contribution >= 0.6 is 11.3 Å². The highest BCUT2D eigenvalue weighted by Gasteiger charge is 2.25. The first-order valence-corrected chi connectivity index (χ1v) is 10.5. The van der Waals surface area contributed by atoms with Crippen molar-refractivity contribution in [3.8, 4) is 16.5 Å². The highest BCUT2D eigenvalue weighted by Crippen LogP contribution is 2.27. The molecule has 1 aliphatic heterocycles. The van der Waals surface area contributed by atoms with E-state index < -0.39 is 0 Å². The first-order valence-electron chi connectivity index (χ1n) is 9.67. The van der Waals surface area contributed by atoms with Crippen LogP contribution in [0.4, 0.5) is 0 Å². The summed E-state index contributed by atoms with van der Waals surface area (Å²) in [6, 6.07) is 13.9. The topological polar surface area (TPSA) is 58.6 Å². The van der Waals surface area contributed by atoms with E-state index >= 15 is 0 Å². The number of benzene rings is 1. The molecular weight excluding hydrogens is 384 g/mol. The molecular formula is C22H24N4O2S. The van der Waals surface area contributed by atoms with E-state index in [4.69, 9.17) is 4.74 Å². The number of hydrogen-bond acceptors (Lipinski definition) is 6. The molecule has 1 fully saturated rings. The minimum absolute atomic E-state index is 0.0753. The predicted octanol–water partition coefficient (Wildman–Crippen LogP) is 3.48. The van der Waals surface area contributed by atoms with Crippen LogP contribution in [0.15, 0.2) is 48.7 Å². The Morgan fingerprint density at radius 3 is 2.52 bits per heavy atom. The zero-order valence-electron chi connectivity index (χ0n) is 16.7. The molecule has 29 heavy (non-hydrogen) atoms. The summed E-state index contributed by atoms with van der Waals surface area (Å²) in [5, 5.41) is 0.796. The molecule has 4 rings (SSSR count). The van der Waals surface area contributed by atoms with Crippen LogP contribution < -0.4 is 4.74 Å². The Labute approximate surface area is 174 Å². The maximum atomic E-state index is 13.0. The fourth-order valence-electron chi connectivity index (χ4n) is 3.44. The lowest BCUT2D eigenvalue weighted by Gasteiger charge is -2.34.